The molecule has 0 aliphatic heterocycles. The number of rotatable bonds is 7. The minimum Gasteiger partial charge on any atom is -0.486 e. The number of amides is 1. The van der Waals surface area contributed by atoms with Gasteiger partial charge in [0.2, 0.25) is 5.13 Å². The van der Waals surface area contributed by atoms with Gasteiger partial charge < -0.3 is 9.47 Å². The Morgan fingerprint density at radius 3 is 2.67 bits per heavy atom. The molecule has 0 aliphatic carbocycles. The minimum atomic E-state index is -0.581. The first-order valence-corrected chi connectivity index (χ1v) is 7.89. The Kier molecular flexibility index (Phi) is 6.01. The van der Waals surface area contributed by atoms with Crippen LogP contribution in [0.5, 0.6) is 5.75 Å². The summed E-state index contributed by atoms with van der Waals surface area (Å²) in [6.45, 7) is 4.33. The standard InChI is InChI=1S/C14H16N4O5S/c1-9(2)7-23-14(19)15-13-17-16-12(24-13)8-22-11-5-3-10(4-6-11)18(20)21/h3-6,9H,7-8H2,1-2H3,(H,15,17,19). The van der Waals surface area contributed by atoms with Crippen molar-refractivity contribution in [2.24, 2.45) is 5.92 Å². The molecule has 0 saturated carbocycles. The molecular weight excluding hydrogens is 336 g/mol. The van der Waals surface area contributed by atoms with Gasteiger partial charge in [-0.2, -0.15) is 0 Å². The third-order valence-electron chi connectivity index (χ3n) is 2.63. The maximum atomic E-state index is 11.5. The van der Waals surface area contributed by atoms with Gasteiger partial charge in [0.25, 0.3) is 5.69 Å². The maximum Gasteiger partial charge on any atom is 0.413 e. The summed E-state index contributed by atoms with van der Waals surface area (Å²) >= 11 is 1.16. The van der Waals surface area contributed by atoms with Crippen LogP contribution in [0.1, 0.15) is 18.9 Å². The first kappa shape index (κ1) is 17.6. The third-order valence-corrected chi connectivity index (χ3v) is 3.45. The Hall–Kier alpha value is -2.75. The quantitative estimate of drug-likeness (QED) is 0.600. The summed E-state index contributed by atoms with van der Waals surface area (Å²) in [4.78, 5) is 21.6. The molecule has 9 nitrogen and oxygen atoms in total. The van der Waals surface area contributed by atoms with E-state index >= 15 is 0 Å². The first-order chi connectivity index (χ1) is 11.4. The molecule has 1 aromatic heterocycles. The molecule has 0 fully saturated rings. The van der Waals surface area contributed by atoms with Gasteiger partial charge in [-0.15, -0.1) is 10.2 Å². The lowest BCUT2D eigenvalue weighted by Gasteiger charge is -2.06. The molecule has 0 atom stereocenters. The van der Waals surface area contributed by atoms with Gasteiger partial charge >= 0.3 is 6.09 Å². The number of nitrogens with one attached hydrogen (secondary N) is 1. The second kappa shape index (κ2) is 8.20. The zero-order valence-electron chi connectivity index (χ0n) is 13.1. The number of aromatic nitrogens is 2. The maximum absolute atomic E-state index is 11.5. The first-order valence-electron chi connectivity index (χ1n) is 7.07. The number of hydrogen-bond donors (Lipinski definition) is 1. The second-order valence-corrected chi connectivity index (χ2v) is 6.22. The largest absolute Gasteiger partial charge is 0.486 e. The number of carbonyl (C=O) groups is 1. The Bertz CT molecular complexity index is 701. The number of anilines is 1. The van der Waals surface area contributed by atoms with E-state index in [9.17, 15) is 14.9 Å². The molecule has 0 radical (unpaired) electrons. The van der Waals surface area contributed by atoms with Gasteiger partial charge in [-0.3, -0.25) is 15.4 Å². The lowest BCUT2D eigenvalue weighted by molar-refractivity contribution is -0.384. The van der Waals surface area contributed by atoms with E-state index < -0.39 is 11.0 Å². The highest BCUT2D eigenvalue weighted by Crippen LogP contribution is 2.20. The molecule has 0 spiro atoms. The SMILES string of the molecule is CC(C)COC(=O)Nc1nnc(COc2ccc([N+](=O)[O-])cc2)s1. The molecule has 1 aromatic carbocycles. The topological polar surface area (TPSA) is 116 Å². The highest BCUT2D eigenvalue weighted by atomic mass is 32.1. The van der Waals surface area contributed by atoms with E-state index in [1.54, 1.807) is 0 Å². The summed E-state index contributed by atoms with van der Waals surface area (Å²) in [7, 11) is 0. The van der Waals surface area contributed by atoms with E-state index in [-0.39, 0.29) is 18.2 Å². The molecule has 0 aliphatic rings. The van der Waals surface area contributed by atoms with Crippen LogP contribution in [-0.2, 0) is 11.3 Å². The van der Waals surface area contributed by atoms with Gasteiger partial charge in [-0.1, -0.05) is 25.2 Å². The average molecular weight is 352 g/mol. The average Bonchev–Trinajstić information content (AvgIpc) is 2.98. The fraction of sp³-hybridized carbons (Fsp3) is 0.357. The fourth-order valence-corrected chi connectivity index (χ4v) is 2.18. The van der Waals surface area contributed by atoms with Crippen molar-refractivity contribution in [3.63, 3.8) is 0 Å². The lowest BCUT2D eigenvalue weighted by Crippen LogP contribution is -2.16. The van der Waals surface area contributed by atoms with E-state index in [2.05, 4.69) is 15.5 Å². The van der Waals surface area contributed by atoms with Crippen LogP contribution in [-0.4, -0.2) is 27.8 Å². The number of nitro groups is 1. The predicted octanol–water partition coefficient (Wildman–Crippen LogP) is 3.23. The number of nitro benzene ring substituents is 1. The van der Waals surface area contributed by atoms with Crippen LogP contribution in [0.15, 0.2) is 24.3 Å². The molecule has 2 rings (SSSR count). The van der Waals surface area contributed by atoms with Gasteiger partial charge in [-0.05, 0) is 18.1 Å². The number of ether oxygens (including phenoxy) is 2. The van der Waals surface area contributed by atoms with E-state index in [0.717, 1.165) is 11.3 Å². The molecule has 10 heteroatoms. The van der Waals surface area contributed by atoms with Crippen LogP contribution in [0.3, 0.4) is 0 Å². The van der Waals surface area contributed by atoms with Crippen molar-refractivity contribution in [1.82, 2.24) is 10.2 Å². The summed E-state index contributed by atoms with van der Waals surface area (Å²) in [5.74, 6) is 0.720. The Labute approximate surface area is 141 Å². The van der Waals surface area contributed by atoms with Crippen molar-refractivity contribution in [1.29, 1.82) is 0 Å². The van der Waals surface area contributed by atoms with Crippen LogP contribution >= 0.6 is 11.3 Å². The molecule has 24 heavy (non-hydrogen) atoms. The summed E-state index contributed by atoms with van der Waals surface area (Å²) in [5.41, 5.74) is -0.00957. The van der Waals surface area contributed by atoms with Crippen LogP contribution in [0, 0.1) is 16.0 Å². The summed E-state index contributed by atoms with van der Waals surface area (Å²) < 4.78 is 10.4. The molecule has 1 heterocycles. The second-order valence-electron chi connectivity index (χ2n) is 5.16. The van der Waals surface area contributed by atoms with Crippen molar-refractivity contribution < 1.29 is 19.2 Å². The van der Waals surface area contributed by atoms with Crippen LogP contribution in [0.4, 0.5) is 15.6 Å². The lowest BCUT2D eigenvalue weighted by atomic mass is 10.2. The molecule has 2 aromatic rings. The number of non-ortho nitro benzene ring substituents is 1. The molecular formula is C14H16N4O5S. The van der Waals surface area contributed by atoms with E-state index in [1.165, 1.54) is 24.3 Å². The zero-order valence-corrected chi connectivity index (χ0v) is 13.9. The Morgan fingerprint density at radius 1 is 1.33 bits per heavy atom. The van der Waals surface area contributed by atoms with Crippen molar-refractivity contribution >= 4 is 28.2 Å². The van der Waals surface area contributed by atoms with E-state index in [0.29, 0.717) is 22.5 Å². The molecule has 128 valence electrons. The third kappa shape index (κ3) is 5.47. The van der Waals surface area contributed by atoms with Crippen molar-refractivity contribution in [3.8, 4) is 5.75 Å². The minimum absolute atomic E-state index is 0.00957. The van der Waals surface area contributed by atoms with Crippen molar-refractivity contribution in [3.05, 3.63) is 39.4 Å². The summed E-state index contributed by atoms with van der Waals surface area (Å²) in [6.07, 6.45) is -0.581. The van der Waals surface area contributed by atoms with E-state index in [4.69, 9.17) is 9.47 Å². The number of nitrogens with zero attached hydrogens (tertiary/aromatic N) is 3. The molecule has 0 bridgehead atoms. The number of hydrogen-bond acceptors (Lipinski definition) is 8. The molecule has 1 amide bonds. The van der Waals surface area contributed by atoms with Gasteiger partial charge in [0.05, 0.1) is 11.5 Å². The summed E-state index contributed by atoms with van der Waals surface area (Å²) in [6, 6.07) is 5.71. The van der Waals surface area contributed by atoms with Gasteiger partial charge in [0, 0.05) is 12.1 Å². The molecule has 1 N–H and O–H groups in total. The highest BCUT2D eigenvalue weighted by molar-refractivity contribution is 7.15. The normalized spacial score (nSPS) is 10.5. The van der Waals surface area contributed by atoms with E-state index in [1.807, 2.05) is 13.8 Å². The van der Waals surface area contributed by atoms with Crippen LogP contribution < -0.4 is 10.1 Å². The van der Waals surface area contributed by atoms with Crippen molar-refractivity contribution in [2.45, 2.75) is 20.5 Å². The molecule has 0 unspecified atom stereocenters. The Morgan fingerprint density at radius 2 is 2.04 bits per heavy atom. The monoisotopic (exact) mass is 352 g/mol. The number of benzene rings is 1. The fourth-order valence-electron chi connectivity index (χ4n) is 1.54. The Balaban J connectivity index is 1.83. The van der Waals surface area contributed by atoms with Crippen LogP contribution in [0.2, 0.25) is 0 Å². The molecule has 0 saturated heterocycles. The smallest absolute Gasteiger partial charge is 0.413 e. The van der Waals surface area contributed by atoms with Gasteiger partial charge in [-0.25, -0.2) is 4.79 Å². The van der Waals surface area contributed by atoms with Gasteiger partial charge in [0.15, 0.2) is 5.01 Å². The predicted molar refractivity (Wildman–Crippen MR) is 87.1 cm³/mol. The van der Waals surface area contributed by atoms with Crippen LogP contribution in [0.25, 0.3) is 0 Å². The highest BCUT2D eigenvalue weighted by Gasteiger charge is 2.10. The zero-order chi connectivity index (χ0) is 17.5. The van der Waals surface area contributed by atoms with Gasteiger partial charge in [0.1, 0.15) is 12.4 Å². The van der Waals surface area contributed by atoms with Crippen molar-refractivity contribution in [2.75, 3.05) is 11.9 Å². The number of carbonyl (C=O) groups excluding carboxylic acids is 1. The summed E-state index contributed by atoms with van der Waals surface area (Å²) in [5, 5.41) is 21.6.